The number of β-amino-alcohol motifs (C(OH)–C–C–N with tert-alkyl or cyclic N) is 1. The van der Waals surface area contributed by atoms with Crippen molar-refractivity contribution in [3.63, 3.8) is 0 Å². The molecule has 25 heavy (non-hydrogen) atoms. The minimum atomic E-state index is -0.988. The lowest BCUT2D eigenvalue weighted by molar-refractivity contribution is 0.0445. The maximum absolute atomic E-state index is 14.1. The van der Waals surface area contributed by atoms with Gasteiger partial charge < -0.3 is 20.4 Å². The molecule has 1 aromatic heterocycles. The van der Waals surface area contributed by atoms with E-state index in [0.717, 1.165) is 11.1 Å². The fourth-order valence-corrected chi connectivity index (χ4v) is 2.91. The van der Waals surface area contributed by atoms with E-state index in [1.807, 2.05) is 0 Å². The third-order valence-electron chi connectivity index (χ3n) is 4.21. The summed E-state index contributed by atoms with van der Waals surface area (Å²) in [5.74, 6) is -0.681. The van der Waals surface area contributed by atoms with Gasteiger partial charge >= 0.3 is 0 Å². The molecule has 0 spiro atoms. The highest BCUT2D eigenvalue weighted by molar-refractivity contribution is 6.02. The number of aryl methyl sites for hydroxylation is 1. The Balaban J connectivity index is 1.92. The van der Waals surface area contributed by atoms with E-state index in [4.69, 9.17) is 5.11 Å². The van der Waals surface area contributed by atoms with Crippen LogP contribution in [0, 0.1) is 12.7 Å². The van der Waals surface area contributed by atoms with Crippen LogP contribution in [0.4, 0.5) is 15.8 Å². The number of amides is 1. The van der Waals surface area contributed by atoms with Gasteiger partial charge in [-0.1, -0.05) is 6.07 Å². The number of nitrogens with zero attached hydrogens (tertiary/aromatic N) is 2. The molecule has 0 saturated carbocycles. The van der Waals surface area contributed by atoms with Crippen LogP contribution in [0.1, 0.15) is 21.5 Å². The van der Waals surface area contributed by atoms with Crippen LogP contribution in [0.25, 0.3) is 0 Å². The SMILES string of the molecule is Cc1ccc(Nc2cncc3c2C(=O)N(CC(O)CO)CC3)c(F)c1. The zero-order valence-corrected chi connectivity index (χ0v) is 13.9. The van der Waals surface area contributed by atoms with E-state index in [1.54, 1.807) is 25.3 Å². The summed E-state index contributed by atoms with van der Waals surface area (Å²) in [5, 5.41) is 21.6. The predicted molar refractivity (Wildman–Crippen MR) is 91.4 cm³/mol. The van der Waals surface area contributed by atoms with E-state index in [0.29, 0.717) is 24.2 Å². The number of nitrogens with one attached hydrogen (secondary N) is 1. The summed E-state index contributed by atoms with van der Waals surface area (Å²) < 4.78 is 14.1. The van der Waals surface area contributed by atoms with E-state index in [-0.39, 0.29) is 18.1 Å². The summed E-state index contributed by atoms with van der Waals surface area (Å²) in [4.78, 5) is 18.4. The maximum Gasteiger partial charge on any atom is 0.256 e. The third-order valence-corrected chi connectivity index (χ3v) is 4.21. The zero-order valence-electron chi connectivity index (χ0n) is 13.9. The smallest absolute Gasteiger partial charge is 0.256 e. The van der Waals surface area contributed by atoms with Crippen LogP contribution in [0.2, 0.25) is 0 Å². The first-order valence-corrected chi connectivity index (χ1v) is 8.08. The number of pyridine rings is 1. The molecule has 0 aliphatic carbocycles. The largest absolute Gasteiger partial charge is 0.394 e. The highest BCUT2D eigenvalue weighted by Crippen LogP contribution is 2.29. The lowest BCUT2D eigenvalue weighted by Crippen LogP contribution is -2.43. The Morgan fingerprint density at radius 3 is 2.88 bits per heavy atom. The molecule has 0 bridgehead atoms. The van der Waals surface area contributed by atoms with Crippen LogP contribution < -0.4 is 5.32 Å². The molecule has 1 atom stereocenters. The van der Waals surface area contributed by atoms with Gasteiger partial charge in [0.05, 0.1) is 35.8 Å². The van der Waals surface area contributed by atoms with Gasteiger partial charge in [0, 0.05) is 19.3 Å². The number of benzene rings is 1. The number of rotatable bonds is 5. The highest BCUT2D eigenvalue weighted by atomic mass is 19.1. The van der Waals surface area contributed by atoms with Gasteiger partial charge in [0.1, 0.15) is 5.82 Å². The van der Waals surface area contributed by atoms with Gasteiger partial charge in [0.2, 0.25) is 0 Å². The Morgan fingerprint density at radius 2 is 2.16 bits per heavy atom. The van der Waals surface area contributed by atoms with Gasteiger partial charge in [-0.15, -0.1) is 0 Å². The van der Waals surface area contributed by atoms with Crippen LogP contribution >= 0.6 is 0 Å². The van der Waals surface area contributed by atoms with Crippen LogP contribution in [-0.4, -0.2) is 51.8 Å². The first-order valence-electron chi connectivity index (χ1n) is 8.08. The Kier molecular flexibility index (Phi) is 4.96. The number of anilines is 2. The molecule has 1 aliphatic heterocycles. The molecule has 3 N–H and O–H groups in total. The first kappa shape index (κ1) is 17.3. The molecular formula is C18H20FN3O3. The zero-order chi connectivity index (χ0) is 18.0. The summed E-state index contributed by atoms with van der Waals surface area (Å²) in [6.07, 6.45) is 2.71. The lowest BCUT2D eigenvalue weighted by Gasteiger charge is -2.31. The molecule has 1 unspecified atom stereocenters. The molecule has 2 aromatic rings. The Labute approximate surface area is 144 Å². The van der Waals surface area contributed by atoms with E-state index in [1.165, 1.54) is 17.2 Å². The second kappa shape index (κ2) is 7.16. The number of hydrogen-bond acceptors (Lipinski definition) is 5. The summed E-state index contributed by atoms with van der Waals surface area (Å²) in [6, 6.07) is 4.81. The van der Waals surface area contributed by atoms with Gasteiger partial charge in [0.15, 0.2) is 0 Å². The molecule has 6 nitrogen and oxygen atoms in total. The quantitative estimate of drug-likeness (QED) is 0.767. The van der Waals surface area contributed by atoms with E-state index in [2.05, 4.69) is 10.3 Å². The number of fused-ring (bicyclic) bond motifs is 1. The van der Waals surface area contributed by atoms with Gasteiger partial charge in [-0.25, -0.2) is 4.39 Å². The summed E-state index contributed by atoms with van der Waals surface area (Å²) in [5.41, 5.74) is 2.69. The third kappa shape index (κ3) is 3.62. The fraction of sp³-hybridized carbons (Fsp3) is 0.333. The molecule has 1 aliphatic rings. The molecule has 0 fully saturated rings. The van der Waals surface area contributed by atoms with E-state index in [9.17, 15) is 14.3 Å². The number of aromatic nitrogens is 1. The molecule has 0 radical (unpaired) electrons. The van der Waals surface area contributed by atoms with Crippen molar-refractivity contribution in [2.45, 2.75) is 19.4 Å². The average molecular weight is 345 g/mol. The molecule has 2 heterocycles. The van der Waals surface area contributed by atoms with E-state index >= 15 is 0 Å². The summed E-state index contributed by atoms with van der Waals surface area (Å²) in [6.45, 7) is 1.88. The van der Waals surface area contributed by atoms with Crippen LogP contribution in [0.3, 0.4) is 0 Å². The fourth-order valence-electron chi connectivity index (χ4n) is 2.91. The standard InChI is InChI=1S/C18H20FN3O3/c1-11-2-3-15(14(19)6-11)21-16-8-20-7-12-4-5-22(9-13(24)10-23)18(25)17(12)16/h2-3,6-8,13,21,23-24H,4-5,9-10H2,1H3. The van der Waals surface area contributed by atoms with Crippen molar-refractivity contribution in [3.8, 4) is 0 Å². The van der Waals surface area contributed by atoms with Crippen LogP contribution in [0.15, 0.2) is 30.6 Å². The minimum Gasteiger partial charge on any atom is -0.394 e. The van der Waals surface area contributed by atoms with Crippen molar-refractivity contribution >= 4 is 17.3 Å². The Bertz CT molecular complexity index is 797. The summed E-state index contributed by atoms with van der Waals surface area (Å²) >= 11 is 0. The number of halogens is 1. The Morgan fingerprint density at radius 1 is 1.36 bits per heavy atom. The first-order chi connectivity index (χ1) is 12.0. The monoisotopic (exact) mass is 345 g/mol. The average Bonchev–Trinajstić information content (AvgIpc) is 2.59. The molecule has 132 valence electrons. The molecule has 7 heteroatoms. The number of aliphatic hydroxyl groups excluding tert-OH is 2. The Hall–Kier alpha value is -2.51. The van der Waals surface area contributed by atoms with Crippen molar-refractivity contribution in [1.29, 1.82) is 0 Å². The van der Waals surface area contributed by atoms with Gasteiger partial charge in [-0.3, -0.25) is 9.78 Å². The van der Waals surface area contributed by atoms with E-state index < -0.39 is 18.5 Å². The van der Waals surface area contributed by atoms with Crippen molar-refractivity contribution in [3.05, 3.63) is 53.1 Å². The van der Waals surface area contributed by atoms with Crippen molar-refractivity contribution in [2.24, 2.45) is 0 Å². The normalized spacial score (nSPS) is 15.0. The second-order valence-corrected chi connectivity index (χ2v) is 6.17. The molecular weight excluding hydrogens is 325 g/mol. The lowest BCUT2D eigenvalue weighted by atomic mass is 9.99. The number of carbonyl (C=O) groups is 1. The molecule has 0 saturated heterocycles. The topological polar surface area (TPSA) is 85.7 Å². The van der Waals surface area contributed by atoms with Gasteiger partial charge in [-0.05, 0) is 36.6 Å². The minimum absolute atomic E-state index is 0.0510. The molecule has 3 rings (SSSR count). The second-order valence-electron chi connectivity index (χ2n) is 6.17. The van der Waals surface area contributed by atoms with Crippen molar-refractivity contribution in [2.75, 3.05) is 25.0 Å². The van der Waals surface area contributed by atoms with Crippen molar-refractivity contribution in [1.82, 2.24) is 9.88 Å². The van der Waals surface area contributed by atoms with Crippen LogP contribution in [-0.2, 0) is 6.42 Å². The molecule has 1 amide bonds. The van der Waals surface area contributed by atoms with Gasteiger partial charge in [-0.2, -0.15) is 0 Å². The summed E-state index contributed by atoms with van der Waals surface area (Å²) in [7, 11) is 0. The number of carbonyl (C=O) groups excluding carboxylic acids is 1. The highest BCUT2D eigenvalue weighted by Gasteiger charge is 2.28. The maximum atomic E-state index is 14.1. The molecule has 1 aromatic carbocycles. The number of hydrogen-bond donors (Lipinski definition) is 3. The number of aliphatic hydroxyl groups is 2. The van der Waals surface area contributed by atoms with Gasteiger partial charge in [0.25, 0.3) is 5.91 Å². The van der Waals surface area contributed by atoms with Crippen LogP contribution in [0.5, 0.6) is 0 Å². The van der Waals surface area contributed by atoms with Crippen molar-refractivity contribution < 1.29 is 19.4 Å². The predicted octanol–water partition coefficient (Wildman–Crippen LogP) is 1.62.